The van der Waals surface area contributed by atoms with E-state index < -0.39 is 17.5 Å². The first kappa shape index (κ1) is 32.5. The predicted octanol–water partition coefficient (Wildman–Crippen LogP) is 10.1. The zero-order valence-corrected chi connectivity index (χ0v) is 28.6. The number of carboxylic acids is 1. The van der Waals surface area contributed by atoms with E-state index in [1.54, 1.807) is 11.1 Å². The lowest BCUT2D eigenvalue weighted by Gasteiger charge is -2.61. The molecule has 5 aliphatic rings. The molecule has 1 aromatic carbocycles. The van der Waals surface area contributed by atoms with Gasteiger partial charge in [0.05, 0.1) is 11.5 Å². The molecule has 6 rings (SSSR count). The van der Waals surface area contributed by atoms with Gasteiger partial charge in [-0.1, -0.05) is 90.7 Å². The summed E-state index contributed by atoms with van der Waals surface area (Å²) in [4.78, 5) is 12.6. The average molecular weight is 589 g/mol. The number of hydrogen-bond donors (Lipinski definition) is 2. The molecule has 7 unspecified atom stereocenters. The summed E-state index contributed by atoms with van der Waals surface area (Å²) in [5.74, 6) is 0.761. The fraction of sp³-hybridized carbons (Fsp3) is 0.725. The highest BCUT2D eigenvalue weighted by Gasteiger charge is 2.61. The van der Waals surface area contributed by atoms with Crippen LogP contribution >= 0.6 is 0 Å². The molecule has 0 aliphatic heterocycles. The molecule has 0 bridgehead atoms. The number of rotatable bonds is 5. The maximum Gasteiger partial charge on any atom is 0.309 e. The second-order valence-electron chi connectivity index (χ2n) is 15.9. The Morgan fingerprint density at radius 2 is 1.65 bits per heavy atom. The van der Waals surface area contributed by atoms with Crippen molar-refractivity contribution in [3.63, 3.8) is 0 Å². The number of carbonyl (C=O) groups is 1. The summed E-state index contributed by atoms with van der Waals surface area (Å²) >= 11 is 0. The summed E-state index contributed by atoms with van der Waals surface area (Å²) in [7, 11) is 0. The van der Waals surface area contributed by atoms with Crippen LogP contribution in [-0.2, 0) is 23.1 Å². The SMILES string of the molecule is CC.CC(C)c1cc2c(cc1CC1=CCC3(C(C)O)CCC4C(C)(C(=O)O)CCCC4(C)C3=C1)C1(C)CCCCC1CC2. The predicted molar refractivity (Wildman–Crippen MR) is 179 cm³/mol. The fourth-order valence-electron chi connectivity index (χ4n) is 10.9. The third-order valence-corrected chi connectivity index (χ3v) is 13.5. The highest BCUT2D eigenvalue weighted by molar-refractivity contribution is 5.75. The van der Waals surface area contributed by atoms with Crippen LogP contribution in [0.25, 0.3) is 0 Å². The zero-order valence-electron chi connectivity index (χ0n) is 28.6. The topological polar surface area (TPSA) is 57.5 Å². The van der Waals surface area contributed by atoms with Gasteiger partial charge in [0, 0.05) is 5.41 Å². The number of benzene rings is 1. The number of carboxylic acid groups (broad SMARTS) is 1. The van der Waals surface area contributed by atoms with Gasteiger partial charge in [0.1, 0.15) is 0 Å². The molecule has 0 aromatic heterocycles. The van der Waals surface area contributed by atoms with Crippen LogP contribution < -0.4 is 0 Å². The van der Waals surface area contributed by atoms with Gasteiger partial charge < -0.3 is 10.2 Å². The molecule has 7 atom stereocenters. The Morgan fingerprint density at radius 3 is 2.33 bits per heavy atom. The summed E-state index contributed by atoms with van der Waals surface area (Å²) in [5.41, 5.74) is 8.06. The maximum absolute atomic E-state index is 12.6. The number of aliphatic carboxylic acids is 1. The lowest BCUT2D eigenvalue weighted by Crippen LogP contribution is -2.56. The van der Waals surface area contributed by atoms with Gasteiger partial charge in [0.15, 0.2) is 0 Å². The minimum atomic E-state index is -0.699. The van der Waals surface area contributed by atoms with Crippen molar-refractivity contribution in [1.82, 2.24) is 0 Å². The van der Waals surface area contributed by atoms with E-state index in [0.29, 0.717) is 11.3 Å². The Morgan fingerprint density at radius 1 is 0.930 bits per heavy atom. The number of fused-ring (bicyclic) bond motifs is 6. The van der Waals surface area contributed by atoms with E-state index in [1.165, 1.54) is 60.8 Å². The lowest BCUT2D eigenvalue weighted by atomic mass is 9.43. The first-order valence-electron chi connectivity index (χ1n) is 17.8. The van der Waals surface area contributed by atoms with Crippen molar-refractivity contribution in [2.75, 3.05) is 0 Å². The average Bonchev–Trinajstić information content (AvgIpc) is 2.97. The van der Waals surface area contributed by atoms with Crippen LogP contribution in [0.15, 0.2) is 35.4 Å². The van der Waals surface area contributed by atoms with Gasteiger partial charge in [-0.05, 0) is 134 Å². The second-order valence-corrected chi connectivity index (χ2v) is 15.9. The molecule has 0 radical (unpaired) electrons. The van der Waals surface area contributed by atoms with Crippen LogP contribution in [0.2, 0.25) is 0 Å². The molecule has 0 saturated heterocycles. The summed E-state index contributed by atoms with van der Waals surface area (Å²) in [6.45, 7) is 17.5. The van der Waals surface area contributed by atoms with Gasteiger partial charge in [0.25, 0.3) is 0 Å². The molecule has 1 aromatic rings. The highest BCUT2D eigenvalue weighted by atomic mass is 16.4. The van der Waals surface area contributed by atoms with Gasteiger partial charge in [-0.15, -0.1) is 0 Å². The Hall–Kier alpha value is -1.87. The van der Waals surface area contributed by atoms with E-state index in [1.807, 2.05) is 27.7 Å². The Labute approximate surface area is 262 Å². The first-order chi connectivity index (χ1) is 20.3. The Kier molecular flexibility index (Phi) is 8.93. The monoisotopic (exact) mass is 588 g/mol. The largest absolute Gasteiger partial charge is 0.481 e. The van der Waals surface area contributed by atoms with Crippen LogP contribution in [0.5, 0.6) is 0 Å². The van der Waals surface area contributed by atoms with Crippen molar-refractivity contribution < 1.29 is 15.0 Å². The summed E-state index contributed by atoms with van der Waals surface area (Å²) in [6.07, 6.45) is 18.7. The molecule has 5 aliphatic carbocycles. The number of aryl methyl sites for hydroxylation is 1. The summed E-state index contributed by atoms with van der Waals surface area (Å²) in [6, 6.07) is 5.19. The molecule has 0 spiro atoms. The highest BCUT2D eigenvalue weighted by Crippen LogP contribution is 2.67. The third kappa shape index (κ3) is 5.08. The van der Waals surface area contributed by atoms with Gasteiger partial charge in [-0.2, -0.15) is 0 Å². The molecular weight excluding hydrogens is 528 g/mol. The number of aliphatic hydroxyl groups is 1. The van der Waals surface area contributed by atoms with E-state index in [0.717, 1.165) is 50.9 Å². The molecule has 3 saturated carbocycles. The van der Waals surface area contributed by atoms with Gasteiger partial charge in [-0.3, -0.25) is 4.79 Å². The standard InChI is InChI=1S/C38H54O3.C2H6/c1-24(2)30-22-27-11-12-29-10-7-8-15-35(29,4)31(27)23-28(30)20-26-13-18-38(25(3)39)19-14-32-36(5,33(38)21-26)16-9-17-37(32,6)34(40)41;1-2/h13,21-25,29,32,39H,7-12,14-20H2,1-6H3,(H,40,41);1-2H3. The molecule has 43 heavy (non-hydrogen) atoms. The second kappa shape index (κ2) is 11.8. The smallest absolute Gasteiger partial charge is 0.309 e. The molecule has 238 valence electrons. The quantitative estimate of drug-likeness (QED) is 0.360. The van der Waals surface area contributed by atoms with Crippen LogP contribution in [-0.4, -0.2) is 22.3 Å². The fourth-order valence-corrected chi connectivity index (χ4v) is 10.9. The van der Waals surface area contributed by atoms with Crippen molar-refractivity contribution >= 4 is 5.97 Å². The van der Waals surface area contributed by atoms with E-state index in [9.17, 15) is 15.0 Å². The van der Waals surface area contributed by atoms with Crippen molar-refractivity contribution in [3.8, 4) is 0 Å². The van der Waals surface area contributed by atoms with Gasteiger partial charge in [-0.25, -0.2) is 0 Å². The molecule has 3 nitrogen and oxygen atoms in total. The van der Waals surface area contributed by atoms with Crippen LogP contribution in [0, 0.1) is 28.1 Å². The lowest BCUT2D eigenvalue weighted by molar-refractivity contribution is -0.162. The summed E-state index contributed by atoms with van der Waals surface area (Å²) < 4.78 is 0. The van der Waals surface area contributed by atoms with Crippen LogP contribution in [0.4, 0.5) is 0 Å². The minimum Gasteiger partial charge on any atom is -0.481 e. The van der Waals surface area contributed by atoms with E-state index in [2.05, 4.69) is 52.0 Å². The Balaban J connectivity index is 0.00000180. The molecule has 0 heterocycles. The van der Waals surface area contributed by atoms with E-state index >= 15 is 0 Å². The number of hydrogen-bond acceptors (Lipinski definition) is 2. The zero-order chi connectivity index (χ0) is 31.4. The first-order valence-corrected chi connectivity index (χ1v) is 17.8. The molecular formula is C40H60O3. The molecule has 2 N–H and O–H groups in total. The van der Waals surface area contributed by atoms with Gasteiger partial charge >= 0.3 is 5.97 Å². The normalized spacial score (nSPS) is 37.3. The van der Waals surface area contributed by atoms with E-state index in [4.69, 9.17) is 0 Å². The van der Waals surface area contributed by atoms with Crippen molar-refractivity contribution in [1.29, 1.82) is 0 Å². The maximum atomic E-state index is 12.6. The summed E-state index contributed by atoms with van der Waals surface area (Å²) in [5, 5.41) is 21.7. The molecule has 3 fully saturated rings. The van der Waals surface area contributed by atoms with Crippen LogP contribution in [0.1, 0.15) is 154 Å². The van der Waals surface area contributed by atoms with Crippen LogP contribution in [0.3, 0.4) is 0 Å². The van der Waals surface area contributed by atoms with Crippen molar-refractivity contribution in [2.45, 2.75) is 156 Å². The van der Waals surface area contributed by atoms with Crippen molar-refractivity contribution in [2.24, 2.45) is 28.1 Å². The van der Waals surface area contributed by atoms with E-state index in [-0.39, 0.29) is 16.7 Å². The number of aliphatic hydroxyl groups excluding tert-OH is 1. The molecule has 0 amide bonds. The number of allylic oxidation sites excluding steroid dienone is 3. The Bertz CT molecular complexity index is 1280. The van der Waals surface area contributed by atoms with Crippen molar-refractivity contribution in [3.05, 3.63) is 57.7 Å². The molecule has 3 heteroatoms. The minimum absolute atomic E-state index is 0.108. The third-order valence-electron chi connectivity index (χ3n) is 13.5. The van der Waals surface area contributed by atoms with Gasteiger partial charge in [0.2, 0.25) is 0 Å².